The standard InChI is InChI=1S/C13H21FN2/c1-3-4-5-9-16(2)13-11(10-15)7-6-8-12(13)14/h6-8H,3-5,9-10,15H2,1-2H3. The van der Waals surface area contributed by atoms with Crippen LogP contribution in [0.4, 0.5) is 10.1 Å². The molecule has 0 heterocycles. The number of nitrogens with two attached hydrogens (primary N) is 1. The van der Waals surface area contributed by atoms with Gasteiger partial charge in [-0.2, -0.15) is 0 Å². The van der Waals surface area contributed by atoms with Gasteiger partial charge in [0.15, 0.2) is 0 Å². The van der Waals surface area contributed by atoms with Crippen molar-refractivity contribution < 1.29 is 4.39 Å². The van der Waals surface area contributed by atoms with Crippen LogP contribution in [-0.4, -0.2) is 13.6 Å². The quantitative estimate of drug-likeness (QED) is 0.753. The van der Waals surface area contributed by atoms with Gasteiger partial charge in [0, 0.05) is 20.1 Å². The van der Waals surface area contributed by atoms with Gasteiger partial charge in [0.1, 0.15) is 5.82 Å². The molecule has 2 nitrogen and oxygen atoms in total. The molecule has 0 amide bonds. The van der Waals surface area contributed by atoms with Crippen LogP contribution in [0, 0.1) is 5.82 Å². The summed E-state index contributed by atoms with van der Waals surface area (Å²) in [5, 5.41) is 0. The molecule has 0 unspecified atom stereocenters. The molecule has 0 aliphatic carbocycles. The van der Waals surface area contributed by atoms with Gasteiger partial charge in [-0.3, -0.25) is 0 Å². The second-order valence-corrected chi connectivity index (χ2v) is 4.08. The SMILES string of the molecule is CCCCCN(C)c1c(F)cccc1CN. The fraction of sp³-hybridized carbons (Fsp3) is 0.538. The first-order valence-electron chi connectivity index (χ1n) is 5.89. The van der Waals surface area contributed by atoms with Crippen molar-refractivity contribution in [2.75, 3.05) is 18.5 Å². The number of para-hydroxylation sites is 1. The Morgan fingerprint density at radius 1 is 1.31 bits per heavy atom. The highest BCUT2D eigenvalue weighted by Crippen LogP contribution is 2.23. The second kappa shape index (κ2) is 6.48. The van der Waals surface area contributed by atoms with Crippen molar-refractivity contribution in [1.29, 1.82) is 0 Å². The summed E-state index contributed by atoms with van der Waals surface area (Å²) in [6.45, 7) is 3.42. The van der Waals surface area contributed by atoms with Crippen molar-refractivity contribution in [2.24, 2.45) is 5.73 Å². The molecule has 1 rings (SSSR count). The molecule has 0 saturated carbocycles. The zero-order valence-electron chi connectivity index (χ0n) is 10.2. The monoisotopic (exact) mass is 224 g/mol. The van der Waals surface area contributed by atoms with Crippen LogP contribution in [0.5, 0.6) is 0 Å². The maximum atomic E-state index is 13.7. The van der Waals surface area contributed by atoms with Gasteiger partial charge in [-0.1, -0.05) is 31.9 Å². The number of hydrogen-bond acceptors (Lipinski definition) is 2. The molecule has 16 heavy (non-hydrogen) atoms. The summed E-state index contributed by atoms with van der Waals surface area (Å²) in [7, 11) is 1.92. The van der Waals surface area contributed by atoms with E-state index in [1.54, 1.807) is 6.07 Å². The van der Waals surface area contributed by atoms with Crippen LogP contribution >= 0.6 is 0 Å². The van der Waals surface area contributed by atoms with E-state index in [9.17, 15) is 4.39 Å². The topological polar surface area (TPSA) is 29.3 Å². The van der Waals surface area contributed by atoms with Crippen LogP contribution in [0.25, 0.3) is 0 Å². The second-order valence-electron chi connectivity index (χ2n) is 4.08. The van der Waals surface area contributed by atoms with E-state index >= 15 is 0 Å². The maximum absolute atomic E-state index is 13.7. The average Bonchev–Trinajstić information content (AvgIpc) is 2.28. The Kier molecular flexibility index (Phi) is 5.26. The average molecular weight is 224 g/mol. The lowest BCUT2D eigenvalue weighted by atomic mass is 10.1. The number of halogens is 1. The Labute approximate surface area is 97.3 Å². The van der Waals surface area contributed by atoms with E-state index in [1.807, 2.05) is 18.0 Å². The number of rotatable bonds is 6. The van der Waals surface area contributed by atoms with E-state index in [-0.39, 0.29) is 5.82 Å². The summed E-state index contributed by atoms with van der Waals surface area (Å²) >= 11 is 0. The molecule has 3 heteroatoms. The molecule has 0 spiro atoms. The van der Waals surface area contributed by atoms with Gasteiger partial charge in [-0.05, 0) is 18.1 Å². The Balaban J connectivity index is 2.76. The predicted molar refractivity (Wildman–Crippen MR) is 67.1 cm³/mol. The van der Waals surface area contributed by atoms with Crippen LogP contribution in [0.2, 0.25) is 0 Å². The van der Waals surface area contributed by atoms with E-state index in [2.05, 4.69) is 6.92 Å². The molecular weight excluding hydrogens is 203 g/mol. The molecule has 0 aromatic heterocycles. The van der Waals surface area contributed by atoms with Crippen molar-refractivity contribution in [2.45, 2.75) is 32.7 Å². The van der Waals surface area contributed by atoms with E-state index < -0.39 is 0 Å². The molecule has 1 aromatic carbocycles. The lowest BCUT2D eigenvalue weighted by molar-refractivity contribution is 0.614. The molecule has 0 bridgehead atoms. The lowest BCUT2D eigenvalue weighted by Crippen LogP contribution is -2.22. The third-order valence-corrected chi connectivity index (χ3v) is 2.77. The van der Waals surface area contributed by atoms with Gasteiger partial charge in [-0.15, -0.1) is 0 Å². The van der Waals surface area contributed by atoms with Crippen molar-refractivity contribution in [1.82, 2.24) is 0 Å². The Hall–Kier alpha value is -1.09. The molecule has 0 saturated heterocycles. The highest BCUT2D eigenvalue weighted by molar-refractivity contribution is 5.54. The number of unbranched alkanes of at least 4 members (excludes halogenated alkanes) is 2. The molecule has 0 aliphatic rings. The van der Waals surface area contributed by atoms with Crippen molar-refractivity contribution in [3.63, 3.8) is 0 Å². The fourth-order valence-electron chi connectivity index (χ4n) is 1.86. The number of hydrogen-bond donors (Lipinski definition) is 1. The number of nitrogens with zero attached hydrogens (tertiary/aromatic N) is 1. The summed E-state index contributed by atoms with van der Waals surface area (Å²) in [4.78, 5) is 1.97. The van der Waals surface area contributed by atoms with Crippen molar-refractivity contribution in [3.05, 3.63) is 29.6 Å². The first kappa shape index (κ1) is 13.0. The van der Waals surface area contributed by atoms with E-state index in [4.69, 9.17) is 5.73 Å². The van der Waals surface area contributed by atoms with Gasteiger partial charge in [0.2, 0.25) is 0 Å². The first-order valence-corrected chi connectivity index (χ1v) is 5.89. The molecule has 0 fully saturated rings. The molecule has 0 atom stereocenters. The molecule has 1 aromatic rings. The predicted octanol–water partition coefficient (Wildman–Crippen LogP) is 2.91. The summed E-state index contributed by atoms with van der Waals surface area (Å²) in [6.07, 6.45) is 3.44. The van der Waals surface area contributed by atoms with E-state index in [1.165, 1.54) is 18.9 Å². The minimum atomic E-state index is -0.179. The molecule has 0 radical (unpaired) electrons. The van der Waals surface area contributed by atoms with Gasteiger partial charge in [0.05, 0.1) is 5.69 Å². The summed E-state index contributed by atoms with van der Waals surface area (Å²) in [5.74, 6) is -0.179. The van der Waals surface area contributed by atoms with E-state index in [0.29, 0.717) is 12.2 Å². The number of benzene rings is 1. The zero-order valence-corrected chi connectivity index (χ0v) is 10.2. The smallest absolute Gasteiger partial charge is 0.146 e. The molecular formula is C13H21FN2. The normalized spacial score (nSPS) is 10.5. The van der Waals surface area contributed by atoms with Crippen LogP contribution < -0.4 is 10.6 Å². The van der Waals surface area contributed by atoms with Crippen molar-refractivity contribution >= 4 is 5.69 Å². The Morgan fingerprint density at radius 3 is 2.69 bits per heavy atom. The van der Waals surface area contributed by atoms with Gasteiger partial charge < -0.3 is 10.6 Å². The highest BCUT2D eigenvalue weighted by atomic mass is 19.1. The Bertz CT molecular complexity index is 326. The summed E-state index contributed by atoms with van der Waals surface area (Å²) < 4.78 is 13.7. The summed E-state index contributed by atoms with van der Waals surface area (Å²) in [5.41, 5.74) is 7.15. The fourth-order valence-corrected chi connectivity index (χ4v) is 1.86. The third-order valence-electron chi connectivity index (χ3n) is 2.77. The zero-order chi connectivity index (χ0) is 12.0. The van der Waals surface area contributed by atoms with Crippen LogP contribution in [-0.2, 0) is 6.54 Å². The van der Waals surface area contributed by atoms with Crippen molar-refractivity contribution in [3.8, 4) is 0 Å². The summed E-state index contributed by atoms with van der Waals surface area (Å²) in [6, 6.07) is 5.08. The minimum absolute atomic E-state index is 0.179. The van der Waals surface area contributed by atoms with Gasteiger partial charge >= 0.3 is 0 Å². The van der Waals surface area contributed by atoms with Gasteiger partial charge in [0.25, 0.3) is 0 Å². The molecule has 90 valence electrons. The highest BCUT2D eigenvalue weighted by Gasteiger charge is 2.11. The molecule has 2 N–H and O–H groups in total. The molecule has 0 aliphatic heterocycles. The van der Waals surface area contributed by atoms with Crippen LogP contribution in [0.1, 0.15) is 31.7 Å². The van der Waals surface area contributed by atoms with Gasteiger partial charge in [-0.25, -0.2) is 4.39 Å². The number of anilines is 1. The largest absolute Gasteiger partial charge is 0.372 e. The van der Waals surface area contributed by atoms with E-state index in [0.717, 1.165) is 18.5 Å². The Morgan fingerprint density at radius 2 is 2.06 bits per heavy atom. The first-order chi connectivity index (χ1) is 7.70. The third kappa shape index (κ3) is 3.20. The van der Waals surface area contributed by atoms with Crippen LogP contribution in [0.15, 0.2) is 18.2 Å². The minimum Gasteiger partial charge on any atom is -0.372 e. The lowest BCUT2D eigenvalue weighted by Gasteiger charge is -2.22. The maximum Gasteiger partial charge on any atom is 0.146 e. The van der Waals surface area contributed by atoms with Crippen LogP contribution in [0.3, 0.4) is 0 Å².